The Balaban J connectivity index is 1.50. The van der Waals surface area contributed by atoms with Gasteiger partial charge >= 0.3 is 8.80 Å². The molecule has 0 spiro atoms. The molecular formula is C19H37N2Si2+. The average molecular weight is 350 g/mol. The van der Waals surface area contributed by atoms with Crippen molar-refractivity contribution in [2.45, 2.75) is 57.5 Å². The Bertz CT molecular complexity index is 422. The normalized spacial score (nSPS) is 35.3. The topological polar surface area (TPSA) is 15.3 Å². The molecule has 3 aliphatic rings. The lowest BCUT2D eigenvalue weighted by Crippen LogP contribution is -2.48. The third-order valence-electron chi connectivity index (χ3n) is 6.71. The smallest absolute Gasteiger partial charge is 0.307 e. The van der Waals surface area contributed by atoms with Crippen molar-refractivity contribution in [1.29, 1.82) is 0 Å². The molecule has 0 aromatic rings. The molecular weight excluding hydrogens is 312 g/mol. The zero-order chi connectivity index (χ0) is 16.4. The van der Waals surface area contributed by atoms with E-state index in [1.165, 1.54) is 57.5 Å². The van der Waals surface area contributed by atoms with Crippen LogP contribution < -0.4 is 5.32 Å². The fourth-order valence-corrected chi connectivity index (χ4v) is 8.88. The first kappa shape index (κ1) is 17.9. The zero-order valence-corrected chi connectivity index (χ0v) is 17.8. The molecule has 3 rings (SSSR count). The number of nitrogens with zero attached hydrogens (tertiary/aromatic N) is 1. The number of fused-ring (bicyclic) bond motifs is 2. The minimum absolute atomic E-state index is 0.0339. The van der Waals surface area contributed by atoms with Gasteiger partial charge in [0.2, 0.25) is 0 Å². The van der Waals surface area contributed by atoms with Gasteiger partial charge in [-0.3, -0.25) is 0 Å². The highest BCUT2D eigenvalue weighted by Gasteiger charge is 2.46. The van der Waals surface area contributed by atoms with E-state index in [1.54, 1.807) is 0 Å². The molecule has 0 radical (unpaired) electrons. The minimum Gasteiger partial charge on any atom is -0.323 e. The molecule has 0 aromatic carbocycles. The number of hydrogen-bond acceptors (Lipinski definition) is 2. The van der Waals surface area contributed by atoms with Gasteiger partial charge in [0.05, 0.1) is 19.1 Å². The van der Waals surface area contributed by atoms with Crippen LogP contribution in [0, 0.1) is 23.7 Å². The number of rotatable bonds is 8. The molecule has 2 nitrogen and oxygen atoms in total. The van der Waals surface area contributed by atoms with Gasteiger partial charge in [-0.05, 0) is 75.2 Å². The predicted octanol–water partition coefficient (Wildman–Crippen LogP) is 4.07. The monoisotopic (exact) mass is 349 g/mol. The van der Waals surface area contributed by atoms with Crippen LogP contribution in [0.2, 0.25) is 38.3 Å². The second-order valence-corrected chi connectivity index (χ2v) is 16.8. The van der Waals surface area contributed by atoms with E-state index < -0.39 is 8.24 Å². The summed E-state index contributed by atoms with van der Waals surface area (Å²) < 4.78 is 2.93. The third-order valence-corrected chi connectivity index (χ3v) is 11.8. The van der Waals surface area contributed by atoms with Crippen molar-refractivity contribution in [1.82, 2.24) is 9.88 Å². The Kier molecular flexibility index (Phi) is 5.87. The van der Waals surface area contributed by atoms with Crippen LogP contribution >= 0.6 is 0 Å². The molecule has 0 amide bonds. The van der Waals surface area contributed by atoms with E-state index in [0.29, 0.717) is 0 Å². The highest BCUT2D eigenvalue weighted by atomic mass is 28.3. The Morgan fingerprint density at radius 3 is 2.57 bits per heavy atom. The van der Waals surface area contributed by atoms with Crippen molar-refractivity contribution in [3.8, 4) is 0 Å². The maximum absolute atomic E-state index is 3.82. The van der Waals surface area contributed by atoms with E-state index in [1.807, 2.05) is 0 Å². The first-order valence-electron chi connectivity index (χ1n) is 9.90. The van der Waals surface area contributed by atoms with Crippen LogP contribution in [0.15, 0.2) is 12.2 Å². The maximum Gasteiger partial charge on any atom is 0.307 e. The fourth-order valence-electron chi connectivity index (χ4n) is 5.19. The lowest BCUT2D eigenvalue weighted by molar-refractivity contribution is 0.242. The van der Waals surface area contributed by atoms with Crippen LogP contribution in [0.4, 0.5) is 0 Å². The van der Waals surface area contributed by atoms with E-state index in [2.05, 4.69) is 48.2 Å². The third kappa shape index (κ3) is 4.20. The van der Waals surface area contributed by atoms with E-state index >= 15 is 0 Å². The SMILES string of the molecule is C[Si+](C)CCCNCC1C2C=CC(C2)C1CN1CCC[Si]1(C)C. The van der Waals surface area contributed by atoms with Gasteiger partial charge in [-0.15, -0.1) is 0 Å². The van der Waals surface area contributed by atoms with E-state index in [-0.39, 0.29) is 8.80 Å². The van der Waals surface area contributed by atoms with Crippen molar-refractivity contribution < 1.29 is 0 Å². The summed E-state index contributed by atoms with van der Waals surface area (Å²) in [6.45, 7) is 15.3. The van der Waals surface area contributed by atoms with Gasteiger partial charge in [0, 0.05) is 0 Å². The summed E-state index contributed by atoms with van der Waals surface area (Å²) in [4.78, 5) is 0. The van der Waals surface area contributed by atoms with E-state index in [4.69, 9.17) is 0 Å². The Morgan fingerprint density at radius 1 is 1.17 bits per heavy atom. The lowest BCUT2D eigenvalue weighted by Gasteiger charge is -2.37. The first-order valence-corrected chi connectivity index (χ1v) is 15.8. The molecule has 4 heteroatoms. The van der Waals surface area contributed by atoms with Crippen LogP contribution in [0.1, 0.15) is 19.3 Å². The summed E-state index contributed by atoms with van der Waals surface area (Å²) in [6.07, 6.45) is 9.38. The summed E-state index contributed by atoms with van der Waals surface area (Å²) in [6, 6.07) is 2.98. The molecule has 1 aliphatic heterocycles. The van der Waals surface area contributed by atoms with Gasteiger partial charge in [-0.2, -0.15) is 0 Å². The molecule has 4 unspecified atom stereocenters. The molecule has 1 saturated heterocycles. The second kappa shape index (κ2) is 7.55. The molecule has 23 heavy (non-hydrogen) atoms. The second-order valence-electron chi connectivity index (χ2n) is 9.15. The standard InChI is InChI=1S/C19H37N2Si2/c1-22(2)11-5-9-20-14-18-16-7-8-17(13-16)19(18)15-21-10-6-12-23(21,3)4/h7-8,16-20H,5-6,9-15H2,1-4H3/q+1. The highest BCUT2D eigenvalue weighted by Crippen LogP contribution is 2.48. The average Bonchev–Trinajstić information content (AvgIpc) is 3.15. The molecule has 1 N–H and O–H groups in total. The van der Waals surface area contributed by atoms with Crippen LogP contribution in [0.25, 0.3) is 0 Å². The van der Waals surface area contributed by atoms with Crippen molar-refractivity contribution in [3.63, 3.8) is 0 Å². The molecule has 1 heterocycles. The van der Waals surface area contributed by atoms with Crippen molar-refractivity contribution in [2.24, 2.45) is 23.7 Å². The highest BCUT2D eigenvalue weighted by molar-refractivity contribution is 6.75. The number of allylic oxidation sites excluding steroid dienone is 2. The van der Waals surface area contributed by atoms with E-state index in [0.717, 1.165) is 23.7 Å². The van der Waals surface area contributed by atoms with Crippen LogP contribution in [-0.2, 0) is 0 Å². The molecule has 2 aliphatic carbocycles. The van der Waals surface area contributed by atoms with Crippen molar-refractivity contribution in [3.05, 3.63) is 12.2 Å². The molecule has 4 atom stereocenters. The minimum atomic E-state index is -1.06. The quantitative estimate of drug-likeness (QED) is 0.404. The summed E-state index contributed by atoms with van der Waals surface area (Å²) in [5, 5.41) is 3.82. The van der Waals surface area contributed by atoms with Gasteiger partial charge in [-0.1, -0.05) is 25.2 Å². The molecule has 2 bridgehead atoms. The summed E-state index contributed by atoms with van der Waals surface area (Å²) in [5.41, 5.74) is 0. The first-order chi connectivity index (χ1) is 11.0. The summed E-state index contributed by atoms with van der Waals surface area (Å²) in [5.74, 6) is 3.60. The van der Waals surface area contributed by atoms with Crippen LogP contribution in [0.3, 0.4) is 0 Å². The Hall–Kier alpha value is 0.0938. The van der Waals surface area contributed by atoms with Gasteiger partial charge in [-0.25, -0.2) is 0 Å². The van der Waals surface area contributed by atoms with Crippen molar-refractivity contribution in [2.75, 3.05) is 26.2 Å². The maximum atomic E-state index is 3.82. The molecule has 1 saturated carbocycles. The van der Waals surface area contributed by atoms with E-state index in [9.17, 15) is 0 Å². The summed E-state index contributed by atoms with van der Waals surface area (Å²) >= 11 is 0. The van der Waals surface area contributed by atoms with Gasteiger partial charge in [0.25, 0.3) is 0 Å². The number of nitrogens with one attached hydrogen (secondary N) is 1. The molecule has 130 valence electrons. The zero-order valence-electron chi connectivity index (χ0n) is 15.8. The Morgan fingerprint density at radius 2 is 1.91 bits per heavy atom. The Labute approximate surface area is 146 Å². The number of hydrogen-bond donors (Lipinski definition) is 1. The fraction of sp³-hybridized carbons (Fsp3) is 0.895. The van der Waals surface area contributed by atoms with Gasteiger partial charge in [0.15, 0.2) is 0 Å². The molecule has 2 fully saturated rings. The predicted molar refractivity (Wildman–Crippen MR) is 106 cm³/mol. The summed E-state index contributed by atoms with van der Waals surface area (Å²) in [7, 11) is -1.09. The van der Waals surface area contributed by atoms with Gasteiger partial charge < -0.3 is 9.88 Å². The van der Waals surface area contributed by atoms with Gasteiger partial charge in [0.1, 0.15) is 8.24 Å². The largest absolute Gasteiger partial charge is 0.323 e. The lowest BCUT2D eigenvalue weighted by atomic mass is 9.83. The van der Waals surface area contributed by atoms with Crippen molar-refractivity contribution >= 4 is 17.0 Å². The van der Waals surface area contributed by atoms with Crippen LogP contribution in [-0.4, -0.2) is 47.8 Å². The van der Waals surface area contributed by atoms with Crippen LogP contribution in [0.5, 0.6) is 0 Å². The molecule has 0 aromatic heterocycles.